The molecule has 6 rings (SSSR count). The van der Waals surface area contributed by atoms with Crippen LogP contribution in [0.5, 0.6) is 0 Å². The van der Waals surface area contributed by atoms with Gasteiger partial charge in [-0.3, -0.25) is 14.5 Å². The van der Waals surface area contributed by atoms with Gasteiger partial charge in [0.1, 0.15) is 0 Å². The molecule has 1 aliphatic carbocycles. The van der Waals surface area contributed by atoms with Crippen molar-refractivity contribution in [1.82, 2.24) is 0 Å². The number of hydrogen-bond acceptors (Lipinski definition) is 6. The average molecular weight is 549 g/mol. The molecule has 1 amide bonds. The normalized spacial score (nSPS) is 18.4. The molecule has 7 heteroatoms. The van der Waals surface area contributed by atoms with Crippen LogP contribution in [0.25, 0.3) is 0 Å². The Labute approximate surface area is 236 Å². The van der Waals surface area contributed by atoms with E-state index in [1.165, 1.54) is 24.0 Å². The molecular formula is C33H28N2O4S. The van der Waals surface area contributed by atoms with Gasteiger partial charge in [0.15, 0.2) is 5.78 Å². The maximum Gasteiger partial charge on any atom is 0.337 e. The Hall–Kier alpha value is -4.49. The van der Waals surface area contributed by atoms with Crippen LogP contribution in [0.15, 0.2) is 102 Å². The second kappa shape index (κ2) is 10.6. The molecular weight excluding hydrogens is 520 g/mol. The molecule has 2 heterocycles. The summed E-state index contributed by atoms with van der Waals surface area (Å²) in [6, 6.07) is 26.0. The number of benzene rings is 3. The summed E-state index contributed by atoms with van der Waals surface area (Å²) in [6.07, 6.45) is 0.980. The second-order valence-corrected chi connectivity index (χ2v) is 11.1. The minimum absolute atomic E-state index is 0.00171. The number of hydrogen-bond donors (Lipinski definition) is 1. The Morgan fingerprint density at radius 2 is 1.62 bits per heavy atom. The van der Waals surface area contributed by atoms with Gasteiger partial charge in [0.2, 0.25) is 0 Å². The minimum Gasteiger partial charge on any atom is -0.465 e. The Morgan fingerprint density at radius 1 is 0.900 bits per heavy atom. The third kappa shape index (κ3) is 4.62. The summed E-state index contributed by atoms with van der Waals surface area (Å²) in [5.74, 6) is -0.611. The van der Waals surface area contributed by atoms with Crippen molar-refractivity contribution in [3.8, 4) is 0 Å². The number of ketones is 1. The molecule has 2 aliphatic rings. The molecule has 1 N–H and O–H groups in total. The Bertz CT molecular complexity index is 1620. The third-order valence-electron chi connectivity index (χ3n) is 7.64. The van der Waals surface area contributed by atoms with Crippen LogP contribution < -0.4 is 10.2 Å². The first kappa shape index (κ1) is 25.8. The highest BCUT2D eigenvalue weighted by atomic mass is 32.1. The lowest BCUT2D eigenvalue weighted by atomic mass is 9.78. The molecule has 200 valence electrons. The molecule has 0 saturated heterocycles. The summed E-state index contributed by atoms with van der Waals surface area (Å²) >= 11 is 1.37. The van der Waals surface area contributed by atoms with Gasteiger partial charge in [-0.05, 0) is 66.1 Å². The second-order valence-electron chi connectivity index (χ2n) is 10.1. The van der Waals surface area contributed by atoms with Crippen molar-refractivity contribution < 1.29 is 19.1 Å². The number of nitrogens with one attached hydrogen (secondary N) is 1. The number of thiophene rings is 1. The van der Waals surface area contributed by atoms with Crippen molar-refractivity contribution in [1.29, 1.82) is 0 Å². The molecule has 40 heavy (non-hydrogen) atoms. The predicted molar refractivity (Wildman–Crippen MR) is 157 cm³/mol. The maximum atomic E-state index is 14.2. The zero-order valence-corrected chi connectivity index (χ0v) is 23.0. The lowest BCUT2D eigenvalue weighted by molar-refractivity contribution is -0.116. The Morgan fingerprint density at radius 3 is 2.33 bits per heavy atom. The van der Waals surface area contributed by atoms with E-state index in [-0.39, 0.29) is 17.6 Å². The molecule has 1 aliphatic heterocycles. The van der Waals surface area contributed by atoms with Crippen molar-refractivity contribution in [3.63, 3.8) is 0 Å². The van der Waals surface area contributed by atoms with Crippen molar-refractivity contribution >= 4 is 40.4 Å². The van der Waals surface area contributed by atoms with Gasteiger partial charge in [-0.25, -0.2) is 4.79 Å². The van der Waals surface area contributed by atoms with Crippen LogP contribution in [0.3, 0.4) is 0 Å². The van der Waals surface area contributed by atoms with Crippen molar-refractivity contribution in [2.45, 2.75) is 31.7 Å². The topological polar surface area (TPSA) is 75.7 Å². The summed E-state index contributed by atoms with van der Waals surface area (Å²) in [5.41, 5.74) is 6.29. The quantitative estimate of drug-likeness (QED) is 0.277. The molecule has 3 aromatic carbocycles. The molecule has 0 bridgehead atoms. The van der Waals surface area contributed by atoms with E-state index in [4.69, 9.17) is 4.74 Å². The van der Waals surface area contributed by atoms with E-state index in [2.05, 4.69) is 36.5 Å². The number of nitrogens with zero attached hydrogens (tertiary/aromatic N) is 1. The number of esters is 1. The van der Waals surface area contributed by atoms with Crippen molar-refractivity contribution in [2.24, 2.45) is 0 Å². The van der Waals surface area contributed by atoms with Crippen LogP contribution in [-0.2, 0) is 9.53 Å². The van der Waals surface area contributed by atoms with Crippen LogP contribution in [0, 0.1) is 6.92 Å². The number of Topliss-reactive ketones (excluding diaryl/α,β-unsaturated/α-hetero) is 1. The number of ether oxygens (including phenoxy) is 1. The highest BCUT2D eigenvalue weighted by Gasteiger charge is 2.42. The largest absolute Gasteiger partial charge is 0.465 e. The van der Waals surface area contributed by atoms with Gasteiger partial charge in [-0.1, -0.05) is 60.2 Å². The van der Waals surface area contributed by atoms with Crippen LogP contribution in [-0.4, -0.2) is 24.8 Å². The van der Waals surface area contributed by atoms with Gasteiger partial charge in [0.05, 0.1) is 35.0 Å². The number of carbonyl (C=O) groups excluding carboxylic acids is 3. The number of carbonyl (C=O) groups is 3. The predicted octanol–water partition coefficient (Wildman–Crippen LogP) is 7.06. The fourth-order valence-corrected chi connectivity index (χ4v) is 6.30. The first-order chi connectivity index (χ1) is 19.4. The molecule has 1 aromatic heterocycles. The molecule has 0 radical (unpaired) electrons. The minimum atomic E-state index is -0.682. The van der Waals surface area contributed by atoms with E-state index in [1.807, 2.05) is 47.8 Å². The van der Waals surface area contributed by atoms with E-state index >= 15 is 0 Å². The molecule has 0 spiro atoms. The summed E-state index contributed by atoms with van der Waals surface area (Å²) in [4.78, 5) is 42.8. The summed E-state index contributed by atoms with van der Waals surface area (Å²) in [6.45, 7) is 2.05. The van der Waals surface area contributed by atoms with Gasteiger partial charge in [-0.15, -0.1) is 11.3 Å². The van der Waals surface area contributed by atoms with Gasteiger partial charge in [-0.2, -0.15) is 0 Å². The first-order valence-corrected chi connectivity index (χ1v) is 14.1. The first-order valence-electron chi connectivity index (χ1n) is 13.2. The standard InChI is InChI=1S/C33H28N2O4S/c1-20-9-11-21(12-10-20)24-18-26-30(28(36)19-24)31(22-13-15-23(16-14-22)33(38)39-2)35(32(37)29-8-5-17-40-29)27-7-4-3-6-25(27)34-26/h3-17,24,31,34H,18-19H2,1-2H3/t24-,31+/m1/s1. The monoisotopic (exact) mass is 548 g/mol. The number of para-hydroxylation sites is 2. The van der Waals surface area contributed by atoms with E-state index in [0.717, 1.165) is 22.5 Å². The summed E-state index contributed by atoms with van der Waals surface area (Å²) < 4.78 is 4.88. The number of fused-ring (bicyclic) bond motifs is 1. The van der Waals surface area contributed by atoms with Gasteiger partial charge < -0.3 is 10.1 Å². The fraction of sp³-hybridized carbons (Fsp3) is 0.182. The fourth-order valence-electron chi connectivity index (χ4n) is 5.64. The van der Waals surface area contributed by atoms with E-state index < -0.39 is 12.0 Å². The number of amides is 1. The van der Waals surface area contributed by atoms with E-state index in [1.54, 1.807) is 23.1 Å². The van der Waals surface area contributed by atoms with Gasteiger partial charge >= 0.3 is 5.97 Å². The number of rotatable bonds is 4. The lowest BCUT2D eigenvalue weighted by Gasteiger charge is -2.35. The van der Waals surface area contributed by atoms with E-state index in [0.29, 0.717) is 34.5 Å². The highest BCUT2D eigenvalue weighted by Crippen LogP contribution is 2.48. The molecule has 6 nitrogen and oxygen atoms in total. The zero-order valence-electron chi connectivity index (χ0n) is 22.2. The number of allylic oxidation sites excluding steroid dienone is 1. The maximum absolute atomic E-state index is 14.2. The van der Waals surface area contributed by atoms with Crippen molar-refractivity contribution in [3.05, 3.63) is 129 Å². The van der Waals surface area contributed by atoms with Crippen LogP contribution in [0.1, 0.15) is 61.5 Å². The Balaban J connectivity index is 1.54. The summed E-state index contributed by atoms with van der Waals surface area (Å²) in [5, 5.41) is 5.44. The number of anilines is 2. The highest BCUT2D eigenvalue weighted by molar-refractivity contribution is 7.12. The smallest absolute Gasteiger partial charge is 0.337 e. The number of aryl methyl sites for hydroxylation is 1. The molecule has 2 atom stereocenters. The lowest BCUT2D eigenvalue weighted by Crippen LogP contribution is -2.38. The van der Waals surface area contributed by atoms with Crippen LogP contribution in [0.2, 0.25) is 0 Å². The van der Waals surface area contributed by atoms with Gasteiger partial charge in [0, 0.05) is 17.7 Å². The molecule has 0 saturated carbocycles. The van der Waals surface area contributed by atoms with Gasteiger partial charge in [0.25, 0.3) is 5.91 Å². The van der Waals surface area contributed by atoms with Crippen LogP contribution in [0.4, 0.5) is 11.4 Å². The van der Waals surface area contributed by atoms with Crippen molar-refractivity contribution in [2.75, 3.05) is 17.3 Å². The molecule has 0 fully saturated rings. The average Bonchev–Trinajstić information content (AvgIpc) is 3.47. The molecule has 4 aromatic rings. The number of methoxy groups -OCH3 is 1. The zero-order chi connectivity index (χ0) is 27.8. The summed E-state index contributed by atoms with van der Waals surface area (Å²) in [7, 11) is 1.34. The SMILES string of the molecule is COC(=O)c1ccc([C@H]2C3=C(C[C@@H](c4ccc(C)cc4)CC3=O)Nc3ccccc3N2C(=O)c2cccs2)cc1. The van der Waals surface area contributed by atoms with E-state index in [9.17, 15) is 14.4 Å². The Kier molecular flexibility index (Phi) is 6.82. The van der Waals surface area contributed by atoms with Crippen LogP contribution >= 0.6 is 11.3 Å². The third-order valence-corrected chi connectivity index (χ3v) is 8.49. The molecule has 0 unspecified atom stereocenters.